The van der Waals surface area contributed by atoms with Gasteiger partial charge in [-0.2, -0.15) is 0 Å². The van der Waals surface area contributed by atoms with Crippen molar-refractivity contribution in [2.24, 2.45) is 5.73 Å². The van der Waals surface area contributed by atoms with Crippen LogP contribution >= 0.6 is 11.8 Å². The van der Waals surface area contributed by atoms with Crippen LogP contribution in [0, 0.1) is 0 Å². The number of hydrogen-bond donors (Lipinski definition) is 4. The van der Waals surface area contributed by atoms with Crippen molar-refractivity contribution in [3.63, 3.8) is 0 Å². The first kappa shape index (κ1) is 16.6. The number of nitrogens with zero attached hydrogens (tertiary/aromatic N) is 1. The Bertz CT molecular complexity index is 538. The fraction of sp³-hybridized carbons (Fsp3) is 0.667. The summed E-state index contributed by atoms with van der Waals surface area (Å²) in [6.45, 7) is 3.00. The molecule has 0 spiro atoms. The number of fused-ring (bicyclic) bond motifs is 1. The minimum atomic E-state index is -1.06. The zero-order valence-corrected chi connectivity index (χ0v) is 13.0. The molecule has 2 heterocycles. The number of amides is 3. The molecule has 3 atom stereocenters. The van der Waals surface area contributed by atoms with Crippen LogP contribution in [-0.2, 0) is 19.2 Å². The van der Waals surface area contributed by atoms with Gasteiger partial charge >= 0.3 is 5.97 Å². The van der Waals surface area contributed by atoms with Gasteiger partial charge in [0.15, 0.2) is 0 Å². The smallest absolute Gasteiger partial charge is 0.327 e. The summed E-state index contributed by atoms with van der Waals surface area (Å²) in [5.41, 5.74) is 5.10. The maximum atomic E-state index is 12.1. The molecule has 10 heteroatoms. The van der Waals surface area contributed by atoms with Crippen LogP contribution in [0.1, 0.15) is 13.8 Å². The van der Waals surface area contributed by atoms with Crippen molar-refractivity contribution in [2.45, 2.75) is 36.1 Å². The SMILES string of the molecule is CC1(C)S[C@@H]2[C@H](NC(=O)CNC(=O)CN)C(=O)N2[C@H]1C(=O)O. The second-order valence-electron chi connectivity index (χ2n) is 5.62. The molecule has 2 saturated heterocycles. The molecule has 2 aliphatic heterocycles. The number of carboxylic acid groups (broad SMARTS) is 1. The highest BCUT2D eigenvalue weighted by Gasteiger charge is 2.64. The van der Waals surface area contributed by atoms with Crippen LogP contribution in [0.3, 0.4) is 0 Å². The number of β-lactam (4-membered cyclic amide) rings is 1. The van der Waals surface area contributed by atoms with Gasteiger partial charge in [-0.15, -0.1) is 11.8 Å². The van der Waals surface area contributed by atoms with Crippen LogP contribution in [0.4, 0.5) is 0 Å². The van der Waals surface area contributed by atoms with Crippen molar-refractivity contribution < 1.29 is 24.3 Å². The monoisotopic (exact) mass is 330 g/mol. The van der Waals surface area contributed by atoms with E-state index in [0.717, 1.165) is 0 Å². The first-order valence-corrected chi connectivity index (χ1v) is 7.56. The largest absolute Gasteiger partial charge is 0.480 e. The number of aliphatic carboxylic acids is 1. The zero-order valence-electron chi connectivity index (χ0n) is 12.2. The number of carbonyl (C=O) groups is 4. The van der Waals surface area contributed by atoms with Crippen molar-refractivity contribution in [1.82, 2.24) is 15.5 Å². The number of thioether (sulfide) groups is 1. The van der Waals surface area contributed by atoms with Crippen molar-refractivity contribution in [1.29, 1.82) is 0 Å². The van der Waals surface area contributed by atoms with Gasteiger partial charge in [0.2, 0.25) is 17.7 Å². The standard InChI is InChI=1S/C12H18N4O5S/c1-12(2)8(11(20)21)16-9(19)7(10(16)22-12)15-6(18)4-14-5(17)3-13/h7-8,10H,3-4,13H2,1-2H3,(H,14,17)(H,15,18)(H,20,21)/t7-,8+,10-/m1/s1. The van der Waals surface area contributed by atoms with Gasteiger partial charge in [0.05, 0.1) is 13.1 Å². The van der Waals surface area contributed by atoms with E-state index in [1.807, 2.05) is 0 Å². The Morgan fingerprint density at radius 2 is 2.00 bits per heavy atom. The van der Waals surface area contributed by atoms with Crippen LogP contribution in [0.15, 0.2) is 0 Å². The molecular formula is C12H18N4O5S. The highest BCUT2D eigenvalue weighted by atomic mass is 32.2. The molecule has 0 aromatic carbocycles. The molecular weight excluding hydrogens is 312 g/mol. The van der Waals surface area contributed by atoms with E-state index < -0.39 is 45.9 Å². The maximum absolute atomic E-state index is 12.1. The summed E-state index contributed by atoms with van der Waals surface area (Å²) in [5.74, 6) is -2.47. The van der Waals surface area contributed by atoms with Crippen molar-refractivity contribution in [3.8, 4) is 0 Å². The number of rotatable bonds is 5. The van der Waals surface area contributed by atoms with Gasteiger partial charge in [-0.25, -0.2) is 4.79 Å². The average molecular weight is 330 g/mol. The van der Waals surface area contributed by atoms with Gasteiger partial charge in [-0.1, -0.05) is 0 Å². The fourth-order valence-corrected chi connectivity index (χ4v) is 4.25. The molecule has 0 unspecified atom stereocenters. The third-order valence-electron chi connectivity index (χ3n) is 3.62. The van der Waals surface area contributed by atoms with Crippen LogP contribution in [0.25, 0.3) is 0 Å². The summed E-state index contributed by atoms with van der Waals surface area (Å²) in [4.78, 5) is 47.4. The second kappa shape index (κ2) is 5.76. The molecule has 2 aliphatic rings. The predicted molar refractivity (Wildman–Crippen MR) is 77.7 cm³/mol. The highest BCUT2D eigenvalue weighted by molar-refractivity contribution is 8.01. The van der Waals surface area contributed by atoms with E-state index in [1.165, 1.54) is 16.7 Å². The molecule has 2 fully saturated rings. The van der Waals surface area contributed by atoms with Crippen LogP contribution in [-0.4, -0.2) is 69.0 Å². The summed E-state index contributed by atoms with van der Waals surface area (Å²) >= 11 is 1.34. The van der Waals surface area contributed by atoms with Crippen molar-refractivity contribution in [2.75, 3.05) is 13.1 Å². The first-order chi connectivity index (χ1) is 10.2. The number of carbonyl (C=O) groups excluding carboxylic acids is 3. The average Bonchev–Trinajstić information content (AvgIpc) is 2.70. The molecule has 3 amide bonds. The van der Waals surface area contributed by atoms with Crippen molar-refractivity contribution >= 4 is 35.5 Å². The molecule has 2 rings (SSSR count). The third kappa shape index (κ3) is 2.75. The highest BCUT2D eigenvalue weighted by Crippen LogP contribution is 2.50. The number of hydrogen-bond acceptors (Lipinski definition) is 6. The molecule has 0 aromatic rings. The zero-order chi connectivity index (χ0) is 16.7. The molecule has 9 nitrogen and oxygen atoms in total. The van der Waals surface area contributed by atoms with E-state index >= 15 is 0 Å². The third-order valence-corrected chi connectivity index (χ3v) is 5.19. The Morgan fingerprint density at radius 1 is 1.36 bits per heavy atom. The molecule has 0 saturated carbocycles. The van der Waals surface area contributed by atoms with E-state index in [-0.39, 0.29) is 13.1 Å². The first-order valence-electron chi connectivity index (χ1n) is 6.68. The Balaban J connectivity index is 1.97. The molecule has 0 bridgehead atoms. The van der Waals surface area contributed by atoms with Crippen LogP contribution in [0.5, 0.6) is 0 Å². The minimum absolute atomic E-state index is 0.226. The normalized spacial score (nSPS) is 28.6. The van der Waals surface area contributed by atoms with Gasteiger partial charge in [0.25, 0.3) is 0 Å². The Labute approximate surface area is 131 Å². The minimum Gasteiger partial charge on any atom is -0.480 e. The topological polar surface area (TPSA) is 142 Å². The summed E-state index contributed by atoms with van der Waals surface area (Å²) < 4.78 is -0.639. The number of carboxylic acids is 1. The van der Waals surface area contributed by atoms with Gasteiger partial charge < -0.3 is 26.4 Å². The molecule has 22 heavy (non-hydrogen) atoms. The van der Waals surface area contributed by atoms with Gasteiger partial charge in [-0.3, -0.25) is 14.4 Å². The summed E-state index contributed by atoms with van der Waals surface area (Å²) in [6.07, 6.45) is 0. The molecule has 0 aliphatic carbocycles. The van der Waals surface area contributed by atoms with Crippen LogP contribution in [0.2, 0.25) is 0 Å². The number of nitrogens with two attached hydrogens (primary N) is 1. The van der Waals surface area contributed by atoms with Gasteiger partial charge in [-0.05, 0) is 13.8 Å². The second-order valence-corrected chi connectivity index (χ2v) is 7.40. The van der Waals surface area contributed by atoms with Crippen molar-refractivity contribution in [3.05, 3.63) is 0 Å². The summed E-state index contributed by atoms with van der Waals surface area (Å²) in [5, 5.41) is 13.7. The number of nitrogens with one attached hydrogen (secondary N) is 2. The van der Waals surface area contributed by atoms with E-state index in [0.29, 0.717) is 0 Å². The quantitative estimate of drug-likeness (QED) is 0.415. The molecule has 122 valence electrons. The van der Waals surface area contributed by atoms with E-state index in [9.17, 15) is 24.3 Å². The van der Waals surface area contributed by atoms with E-state index in [4.69, 9.17) is 5.73 Å². The Kier molecular flexibility index (Phi) is 4.34. The lowest BCUT2D eigenvalue weighted by Gasteiger charge is -2.43. The predicted octanol–water partition coefficient (Wildman–Crippen LogP) is -2.31. The molecule has 5 N–H and O–H groups in total. The van der Waals surface area contributed by atoms with Gasteiger partial charge in [0.1, 0.15) is 17.5 Å². The lowest BCUT2D eigenvalue weighted by molar-refractivity contribution is -0.161. The lowest BCUT2D eigenvalue weighted by Crippen LogP contribution is -2.71. The molecule has 0 aromatic heterocycles. The van der Waals surface area contributed by atoms with Crippen LogP contribution < -0.4 is 16.4 Å². The maximum Gasteiger partial charge on any atom is 0.327 e. The fourth-order valence-electron chi connectivity index (χ4n) is 2.62. The summed E-state index contributed by atoms with van der Waals surface area (Å²) in [7, 11) is 0. The Hall–Kier alpha value is -1.81. The molecule has 0 radical (unpaired) electrons. The summed E-state index contributed by atoms with van der Waals surface area (Å²) in [6, 6.07) is -1.68. The van der Waals surface area contributed by atoms with Gasteiger partial charge in [0, 0.05) is 4.75 Å². The lowest BCUT2D eigenvalue weighted by atomic mass is 9.96. The van der Waals surface area contributed by atoms with E-state index in [2.05, 4.69) is 10.6 Å². The van der Waals surface area contributed by atoms with E-state index in [1.54, 1.807) is 13.8 Å². The Morgan fingerprint density at radius 3 is 2.55 bits per heavy atom.